The lowest BCUT2D eigenvalue weighted by Gasteiger charge is -2.09. The SMILES string of the molecule is Cc1c(Br)cccc1NC(=O)[C@@H]1C[C@@H]1C(=O)O. The number of carbonyl (C=O) groups is 2. The average molecular weight is 298 g/mol. The van der Waals surface area contributed by atoms with Gasteiger partial charge in [0.1, 0.15) is 0 Å². The first-order valence-corrected chi connectivity index (χ1v) is 6.09. The van der Waals surface area contributed by atoms with E-state index >= 15 is 0 Å². The maximum Gasteiger partial charge on any atom is 0.307 e. The van der Waals surface area contributed by atoms with Crippen molar-refractivity contribution in [2.24, 2.45) is 11.8 Å². The number of nitrogens with one attached hydrogen (secondary N) is 1. The molecular weight excluding hydrogens is 286 g/mol. The maximum atomic E-state index is 11.8. The molecule has 0 spiro atoms. The van der Waals surface area contributed by atoms with Crippen molar-refractivity contribution in [3.05, 3.63) is 28.2 Å². The van der Waals surface area contributed by atoms with E-state index in [1.54, 1.807) is 6.07 Å². The third-order valence-corrected chi connectivity index (χ3v) is 3.83. The summed E-state index contributed by atoms with van der Waals surface area (Å²) in [6.45, 7) is 1.89. The number of carbonyl (C=O) groups excluding carboxylic acids is 1. The van der Waals surface area contributed by atoms with Crippen LogP contribution in [0.2, 0.25) is 0 Å². The molecule has 1 saturated carbocycles. The Hall–Kier alpha value is -1.36. The summed E-state index contributed by atoms with van der Waals surface area (Å²) >= 11 is 3.38. The minimum Gasteiger partial charge on any atom is -0.481 e. The number of benzene rings is 1. The molecule has 1 aromatic rings. The molecule has 2 atom stereocenters. The molecule has 4 nitrogen and oxygen atoms in total. The fourth-order valence-electron chi connectivity index (χ4n) is 1.73. The fourth-order valence-corrected chi connectivity index (χ4v) is 2.09. The van der Waals surface area contributed by atoms with Crippen molar-refractivity contribution < 1.29 is 14.7 Å². The first kappa shape index (κ1) is 12.1. The number of halogens is 1. The van der Waals surface area contributed by atoms with E-state index in [9.17, 15) is 9.59 Å². The summed E-state index contributed by atoms with van der Waals surface area (Å²) in [5, 5.41) is 11.5. The normalized spacial score (nSPS) is 22.0. The maximum absolute atomic E-state index is 11.8. The number of carboxylic acid groups (broad SMARTS) is 1. The van der Waals surface area contributed by atoms with Crippen LogP contribution in [0.4, 0.5) is 5.69 Å². The zero-order valence-electron chi connectivity index (χ0n) is 9.24. The van der Waals surface area contributed by atoms with Crippen molar-refractivity contribution in [2.75, 3.05) is 5.32 Å². The Morgan fingerprint density at radius 1 is 1.41 bits per heavy atom. The molecule has 1 aliphatic rings. The highest BCUT2D eigenvalue weighted by Crippen LogP contribution is 2.39. The first-order valence-electron chi connectivity index (χ1n) is 5.29. The van der Waals surface area contributed by atoms with Crippen LogP contribution in [-0.4, -0.2) is 17.0 Å². The standard InChI is InChI=1S/C12H12BrNO3/c1-6-9(13)3-2-4-10(6)14-11(15)7-5-8(7)12(16)17/h2-4,7-8H,5H2,1H3,(H,14,15)(H,16,17)/t7-,8+/m1/s1. The van der Waals surface area contributed by atoms with E-state index in [0.717, 1.165) is 15.7 Å². The van der Waals surface area contributed by atoms with Crippen LogP contribution in [0.5, 0.6) is 0 Å². The number of amides is 1. The van der Waals surface area contributed by atoms with E-state index in [1.807, 2.05) is 19.1 Å². The fraction of sp³-hybridized carbons (Fsp3) is 0.333. The summed E-state index contributed by atoms with van der Waals surface area (Å²) < 4.78 is 0.917. The van der Waals surface area contributed by atoms with Crippen LogP contribution >= 0.6 is 15.9 Å². The summed E-state index contributed by atoms with van der Waals surface area (Å²) in [6, 6.07) is 5.52. The van der Waals surface area contributed by atoms with Crippen molar-refractivity contribution in [3.8, 4) is 0 Å². The quantitative estimate of drug-likeness (QED) is 0.900. The Morgan fingerprint density at radius 2 is 2.12 bits per heavy atom. The van der Waals surface area contributed by atoms with Crippen LogP contribution in [0, 0.1) is 18.8 Å². The van der Waals surface area contributed by atoms with E-state index < -0.39 is 11.9 Å². The molecule has 90 valence electrons. The number of hydrogen-bond acceptors (Lipinski definition) is 2. The van der Waals surface area contributed by atoms with E-state index in [1.165, 1.54) is 0 Å². The summed E-state index contributed by atoms with van der Waals surface area (Å²) in [7, 11) is 0. The number of hydrogen-bond donors (Lipinski definition) is 2. The largest absolute Gasteiger partial charge is 0.481 e. The molecule has 2 rings (SSSR count). The summed E-state index contributed by atoms with van der Waals surface area (Å²) in [6.07, 6.45) is 0.439. The van der Waals surface area contributed by atoms with Gasteiger partial charge in [0.15, 0.2) is 0 Å². The number of aliphatic carboxylic acids is 1. The van der Waals surface area contributed by atoms with Crippen LogP contribution < -0.4 is 5.32 Å². The molecule has 0 radical (unpaired) electrons. The Balaban J connectivity index is 2.05. The monoisotopic (exact) mass is 297 g/mol. The lowest BCUT2D eigenvalue weighted by Crippen LogP contribution is -2.17. The smallest absolute Gasteiger partial charge is 0.307 e. The van der Waals surface area contributed by atoms with Gasteiger partial charge in [0.25, 0.3) is 0 Å². The van der Waals surface area contributed by atoms with Crippen LogP contribution in [0.15, 0.2) is 22.7 Å². The minimum atomic E-state index is -0.892. The third-order valence-electron chi connectivity index (χ3n) is 2.97. The minimum absolute atomic E-state index is 0.210. The lowest BCUT2D eigenvalue weighted by molar-refractivity contribution is -0.139. The Kier molecular flexibility index (Phi) is 3.19. The van der Waals surface area contributed by atoms with Gasteiger partial charge in [-0.1, -0.05) is 22.0 Å². The zero-order chi connectivity index (χ0) is 12.6. The van der Waals surface area contributed by atoms with Crippen LogP contribution in [0.3, 0.4) is 0 Å². The molecule has 0 saturated heterocycles. The second-order valence-electron chi connectivity index (χ2n) is 4.19. The highest BCUT2D eigenvalue weighted by molar-refractivity contribution is 9.10. The van der Waals surface area contributed by atoms with Gasteiger partial charge in [-0.3, -0.25) is 9.59 Å². The van der Waals surface area contributed by atoms with E-state index in [2.05, 4.69) is 21.2 Å². The van der Waals surface area contributed by atoms with Crippen LogP contribution in [0.25, 0.3) is 0 Å². The molecule has 0 unspecified atom stereocenters. The van der Waals surface area contributed by atoms with Gasteiger partial charge < -0.3 is 10.4 Å². The summed E-state index contributed by atoms with van der Waals surface area (Å²) in [5.74, 6) is -2.00. The number of rotatable bonds is 3. The number of anilines is 1. The number of carboxylic acids is 1. The molecule has 5 heteroatoms. The molecule has 0 heterocycles. The van der Waals surface area contributed by atoms with Gasteiger partial charge in [0, 0.05) is 10.2 Å². The highest BCUT2D eigenvalue weighted by Gasteiger charge is 2.48. The van der Waals surface area contributed by atoms with Gasteiger partial charge in [-0.05, 0) is 31.0 Å². The second kappa shape index (κ2) is 4.49. The van der Waals surface area contributed by atoms with Gasteiger partial charge in [0.2, 0.25) is 5.91 Å². The molecule has 1 amide bonds. The van der Waals surface area contributed by atoms with Gasteiger partial charge >= 0.3 is 5.97 Å². The van der Waals surface area contributed by atoms with Crippen LogP contribution in [0.1, 0.15) is 12.0 Å². The van der Waals surface area contributed by atoms with Gasteiger partial charge in [0.05, 0.1) is 11.8 Å². The zero-order valence-corrected chi connectivity index (χ0v) is 10.8. The van der Waals surface area contributed by atoms with Crippen molar-refractivity contribution >= 4 is 33.5 Å². The van der Waals surface area contributed by atoms with Gasteiger partial charge in [-0.15, -0.1) is 0 Å². The van der Waals surface area contributed by atoms with Gasteiger partial charge in [-0.25, -0.2) is 0 Å². The molecule has 0 bridgehead atoms. The Labute approximate surface area is 107 Å². The lowest BCUT2D eigenvalue weighted by atomic mass is 10.2. The predicted molar refractivity (Wildman–Crippen MR) is 66.7 cm³/mol. The molecule has 17 heavy (non-hydrogen) atoms. The third kappa shape index (κ3) is 2.49. The van der Waals surface area contributed by atoms with Crippen LogP contribution in [-0.2, 0) is 9.59 Å². The topological polar surface area (TPSA) is 66.4 Å². The molecule has 2 N–H and O–H groups in total. The average Bonchev–Trinajstić information content (AvgIpc) is 3.04. The van der Waals surface area contributed by atoms with Gasteiger partial charge in [-0.2, -0.15) is 0 Å². The van der Waals surface area contributed by atoms with Crippen molar-refractivity contribution in [3.63, 3.8) is 0 Å². The van der Waals surface area contributed by atoms with E-state index in [-0.39, 0.29) is 11.8 Å². The van der Waals surface area contributed by atoms with Crippen molar-refractivity contribution in [1.29, 1.82) is 0 Å². The molecule has 1 aliphatic carbocycles. The van der Waals surface area contributed by atoms with Crippen molar-refractivity contribution in [2.45, 2.75) is 13.3 Å². The van der Waals surface area contributed by atoms with E-state index in [0.29, 0.717) is 6.42 Å². The summed E-state index contributed by atoms with van der Waals surface area (Å²) in [5.41, 5.74) is 1.66. The first-order chi connectivity index (χ1) is 8.00. The van der Waals surface area contributed by atoms with E-state index in [4.69, 9.17) is 5.11 Å². The molecule has 1 aromatic carbocycles. The Bertz CT molecular complexity index is 487. The molecule has 1 fully saturated rings. The molecule has 0 aliphatic heterocycles. The van der Waals surface area contributed by atoms with Crippen molar-refractivity contribution in [1.82, 2.24) is 0 Å². The molecular formula is C12H12BrNO3. The summed E-state index contributed by atoms with van der Waals surface area (Å²) in [4.78, 5) is 22.4. The highest BCUT2D eigenvalue weighted by atomic mass is 79.9. The molecule has 0 aromatic heterocycles. The second-order valence-corrected chi connectivity index (χ2v) is 5.04. The predicted octanol–water partition coefficient (Wildman–Crippen LogP) is 2.42. The Morgan fingerprint density at radius 3 is 2.71 bits per heavy atom.